The first-order valence-electron chi connectivity index (χ1n) is 6.79. The molecule has 0 aromatic rings. The molecule has 0 aliphatic carbocycles. The largest absolute Gasteiger partial charge is 0.378 e. The minimum Gasteiger partial charge on any atom is -0.378 e. The summed E-state index contributed by atoms with van der Waals surface area (Å²) in [6.45, 7) is 7.59. The predicted molar refractivity (Wildman–Crippen MR) is 68.6 cm³/mol. The van der Waals surface area contributed by atoms with Crippen LogP contribution in [0.5, 0.6) is 0 Å². The Morgan fingerprint density at radius 3 is 2.35 bits per heavy atom. The maximum absolute atomic E-state index is 12.3. The molecule has 0 spiro atoms. The molecule has 1 unspecified atom stereocenters. The molecular formula is C13H26N2O2. The maximum atomic E-state index is 12.3. The van der Waals surface area contributed by atoms with Crippen LogP contribution in [0, 0.1) is 11.8 Å². The first kappa shape index (κ1) is 14.5. The molecule has 1 heterocycles. The van der Waals surface area contributed by atoms with Crippen LogP contribution in [-0.2, 0) is 9.53 Å². The standard InChI is InChI=1S/C13H26N2O2/c1-3-11(4-2)9-12(10-14)13(16)15-5-7-17-8-6-15/h11-12H,3-10,14H2,1-2H3. The lowest BCUT2D eigenvalue weighted by Crippen LogP contribution is -2.45. The van der Waals surface area contributed by atoms with E-state index in [0.29, 0.717) is 25.7 Å². The summed E-state index contributed by atoms with van der Waals surface area (Å²) >= 11 is 0. The molecule has 0 saturated carbocycles. The number of hydrogen-bond donors (Lipinski definition) is 1. The Hall–Kier alpha value is -0.610. The topological polar surface area (TPSA) is 55.6 Å². The van der Waals surface area contributed by atoms with E-state index in [-0.39, 0.29) is 11.8 Å². The monoisotopic (exact) mass is 242 g/mol. The van der Waals surface area contributed by atoms with E-state index >= 15 is 0 Å². The summed E-state index contributed by atoms with van der Waals surface area (Å²) in [4.78, 5) is 14.2. The van der Waals surface area contributed by atoms with E-state index in [1.165, 1.54) is 0 Å². The molecule has 4 nitrogen and oxygen atoms in total. The minimum atomic E-state index is -0.00185. The van der Waals surface area contributed by atoms with Gasteiger partial charge in [-0.05, 0) is 12.3 Å². The number of nitrogens with zero attached hydrogens (tertiary/aromatic N) is 1. The second kappa shape index (κ2) is 7.67. The van der Waals surface area contributed by atoms with Gasteiger partial charge in [0.1, 0.15) is 0 Å². The molecule has 1 atom stereocenters. The molecule has 100 valence electrons. The van der Waals surface area contributed by atoms with Gasteiger partial charge in [0.05, 0.1) is 19.1 Å². The Bertz CT molecular complexity index is 223. The van der Waals surface area contributed by atoms with Gasteiger partial charge >= 0.3 is 0 Å². The summed E-state index contributed by atoms with van der Waals surface area (Å²) in [7, 11) is 0. The number of carbonyl (C=O) groups is 1. The van der Waals surface area contributed by atoms with Crippen molar-refractivity contribution in [2.45, 2.75) is 33.1 Å². The molecule has 1 rings (SSSR count). The zero-order valence-corrected chi connectivity index (χ0v) is 11.2. The number of amides is 1. The van der Waals surface area contributed by atoms with Gasteiger partial charge in [0.25, 0.3) is 0 Å². The third kappa shape index (κ3) is 4.28. The molecule has 1 fully saturated rings. The molecule has 0 radical (unpaired) electrons. The highest BCUT2D eigenvalue weighted by Crippen LogP contribution is 2.20. The lowest BCUT2D eigenvalue weighted by atomic mass is 9.89. The van der Waals surface area contributed by atoms with Crippen LogP contribution in [0.25, 0.3) is 0 Å². The Labute approximate surface area is 104 Å². The fraction of sp³-hybridized carbons (Fsp3) is 0.923. The van der Waals surface area contributed by atoms with Gasteiger partial charge in [-0.1, -0.05) is 26.7 Å². The van der Waals surface area contributed by atoms with Crippen LogP contribution in [-0.4, -0.2) is 43.7 Å². The van der Waals surface area contributed by atoms with Crippen molar-refractivity contribution >= 4 is 5.91 Å². The lowest BCUT2D eigenvalue weighted by molar-refractivity contribution is -0.139. The van der Waals surface area contributed by atoms with Crippen LogP contribution >= 0.6 is 0 Å². The normalized spacial score (nSPS) is 18.5. The summed E-state index contributed by atoms with van der Waals surface area (Å²) in [5.41, 5.74) is 5.76. The van der Waals surface area contributed by atoms with Crippen LogP contribution in [0.4, 0.5) is 0 Å². The van der Waals surface area contributed by atoms with E-state index in [0.717, 1.165) is 32.4 Å². The van der Waals surface area contributed by atoms with E-state index in [4.69, 9.17) is 10.5 Å². The Balaban J connectivity index is 2.50. The van der Waals surface area contributed by atoms with Crippen molar-refractivity contribution in [3.05, 3.63) is 0 Å². The smallest absolute Gasteiger partial charge is 0.227 e. The summed E-state index contributed by atoms with van der Waals surface area (Å²) in [6, 6.07) is 0. The van der Waals surface area contributed by atoms with Crippen molar-refractivity contribution in [3.8, 4) is 0 Å². The molecule has 1 saturated heterocycles. The van der Waals surface area contributed by atoms with E-state index < -0.39 is 0 Å². The summed E-state index contributed by atoms with van der Waals surface area (Å²) in [5, 5.41) is 0. The number of carbonyl (C=O) groups excluding carboxylic acids is 1. The summed E-state index contributed by atoms with van der Waals surface area (Å²) in [6.07, 6.45) is 3.19. The van der Waals surface area contributed by atoms with Crippen LogP contribution < -0.4 is 5.73 Å². The zero-order chi connectivity index (χ0) is 12.7. The fourth-order valence-corrected chi connectivity index (χ4v) is 2.36. The average Bonchev–Trinajstić information content (AvgIpc) is 2.40. The van der Waals surface area contributed by atoms with Gasteiger partial charge in [-0.2, -0.15) is 0 Å². The van der Waals surface area contributed by atoms with Crippen LogP contribution in [0.1, 0.15) is 33.1 Å². The van der Waals surface area contributed by atoms with E-state index in [1.807, 2.05) is 4.90 Å². The van der Waals surface area contributed by atoms with Crippen molar-refractivity contribution < 1.29 is 9.53 Å². The average molecular weight is 242 g/mol. The second-order valence-corrected chi connectivity index (χ2v) is 4.79. The number of hydrogen-bond acceptors (Lipinski definition) is 3. The molecule has 0 bridgehead atoms. The molecule has 1 aliphatic rings. The highest BCUT2D eigenvalue weighted by molar-refractivity contribution is 5.79. The maximum Gasteiger partial charge on any atom is 0.227 e. The van der Waals surface area contributed by atoms with E-state index in [2.05, 4.69) is 13.8 Å². The molecule has 4 heteroatoms. The molecule has 17 heavy (non-hydrogen) atoms. The fourth-order valence-electron chi connectivity index (χ4n) is 2.36. The van der Waals surface area contributed by atoms with Gasteiger partial charge in [-0.3, -0.25) is 4.79 Å². The Kier molecular flexibility index (Phi) is 6.52. The highest BCUT2D eigenvalue weighted by Gasteiger charge is 2.26. The first-order chi connectivity index (χ1) is 8.22. The number of nitrogens with two attached hydrogens (primary N) is 1. The molecule has 2 N–H and O–H groups in total. The Morgan fingerprint density at radius 2 is 1.88 bits per heavy atom. The zero-order valence-electron chi connectivity index (χ0n) is 11.2. The third-order valence-electron chi connectivity index (χ3n) is 3.73. The van der Waals surface area contributed by atoms with E-state index in [9.17, 15) is 4.79 Å². The van der Waals surface area contributed by atoms with E-state index in [1.54, 1.807) is 0 Å². The van der Waals surface area contributed by atoms with Crippen LogP contribution in [0.3, 0.4) is 0 Å². The predicted octanol–water partition coefficient (Wildman–Crippen LogP) is 1.25. The second-order valence-electron chi connectivity index (χ2n) is 4.79. The van der Waals surface area contributed by atoms with Crippen LogP contribution in [0.15, 0.2) is 0 Å². The van der Waals surface area contributed by atoms with Crippen molar-refractivity contribution in [2.24, 2.45) is 17.6 Å². The van der Waals surface area contributed by atoms with Crippen LogP contribution in [0.2, 0.25) is 0 Å². The quantitative estimate of drug-likeness (QED) is 0.762. The van der Waals surface area contributed by atoms with Crippen molar-refractivity contribution in [1.29, 1.82) is 0 Å². The number of ether oxygens (including phenoxy) is 1. The van der Waals surface area contributed by atoms with Gasteiger partial charge in [0.2, 0.25) is 5.91 Å². The van der Waals surface area contributed by atoms with Gasteiger partial charge in [0, 0.05) is 19.6 Å². The summed E-state index contributed by atoms with van der Waals surface area (Å²) < 4.78 is 5.26. The molecule has 0 aromatic carbocycles. The van der Waals surface area contributed by atoms with Crippen molar-refractivity contribution in [2.75, 3.05) is 32.8 Å². The summed E-state index contributed by atoms with van der Waals surface area (Å²) in [5.74, 6) is 0.842. The molecule has 1 amide bonds. The Morgan fingerprint density at radius 1 is 1.29 bits per heavy atom. The van der Waals surface area contributed by atoms with Gasteiger partial charge < -0.3 is 15.4 Å². The SMILES string of the molecule is CCC(CC)CC(CN)C(=O)N1CCOCC1. The molecule has 0 aromatic heterocycles. The number of rotatable bonds is 6. The van der Waals surface area contributed by atoms with Gasteiger partial charge in [0.15, 0.2) is 0 Å². The number of morpholine rings is 1. The minimum absolute atomic E-state index is 0.00185. The third-order valence-corrected chi connectivity index (χ3v) is 3.73. The molecule has 1 aliphatic heterocycles. The highest BCUT2D eigenvalue weighted by atomic mass is 16.5. The van der Waals surface area contributed by atoms with Gasteiger partial charge in [-0.15, -0.1) is 0 Å². The molecular weight excluding hydrogens is 216 g/mol. The lowest BCUT2D eigenvalue weighted by Gasteiger charge is -2.31. The van der Waals surface area contributed by atoms with Crippen molar-refractivity contribution in [3.63, 3.8) is 0 Å². The first-order valence-corrected chi connectivity index (χ1v) is 6.79. The van der Waals surface area contributed by atoms with Gasteiger partial charge in [-0.25, -0.2) is 0 Å². The van der Waals surface area contributed by atoms with Crippen molar-refractivity contribution in [1.82, 2.24) is 4.90 Å².